The van der Waals surface area contributed by atoms with Crippen molar-refractivity contribution >= 4 is 11.6 Å². The van der Waals surface area contributed by atoms with Gasteiger partial charge in [-0.3, -0.25) is 4.79 Å². The molecule has 20 heavy (non-hydrogen) atoms. The minimum atomic E-state index is -0.546. The highest BCUT2D eigenvalue weighted by atomic mass is 19.1. The van der Waals surface area contributed by atoms with Crippen LogP contribution in [0.4, 0.5) is 10.1 Å². The summed E-state index contributed by atoms with van der Waals surface area (Å²) in [5, 5.41) is 9.25. The van der Waals surface area contributed by atoms with Crippen molar-refractivity contribution in [2.24, 2.45) is 0 Å². The number of ether oxygens (including phenoxy) is 1. The quantitative estimate of drug-likeness (QED) is 0.794. The van der Waals surface area contributed by atoms with Gasteiger partial charge in [-0.1, -0.05) is 0 Å². The first-order valence-electron chi connectivity index (χ1n) is 6.45. The van der Waals surface area contributed by atoms with Crippen LogP contribution in [0.5, 0.6) is 0 Å². The summed E-state index contributed by atoms with van der Waals surface area (Å²) in [5.41, 5.74) is 5.53. The Morgan fingerprint density at radius 3 is 2.90 bits per heavy atom. The summed E-state index contributed by atoms with van der Waals surface area (Å²) in [7, 11) is 0. The van der Waals surface area contributed by atoms with Gasteiger partial charge in [0, 0.05) is 18.8 Å². The van der Waals surface area contributed by atoms with Gasteiger partial charge in [-0.2, -0.15) is 0 Å². The van der Waals surface area contributed by atoms with Crippen molar-refractivity contribution in [1.82, 2.24) is 4.90 Å². The zero-order valence-electron chi connectivity index (χ0n) is 11.6. The van der Waals surface area contributed by atoms with Gasteiger partial charge in [0.1, 0.15) is 5.82 Å². The number of hydrogen-bond donors (Lipinski definition) is 2. The number of aliphatic hydroxyl groups excluding tert-OH is 1. The second-order valence-electron chi connectivity index (χ2n) is 5.60. The lowest BCUT2D eigenvalue weighted by molar-refractivity contribution is -0.139. The molecule has 0 bridgehead atoms. The van der Waals surface area contributed by atoms with Crippen molar-refractivity contribution in [1.29, 1.82) is 0 Å². The SMILES string of the molecule is CC1(C)CN(C(=O)c2ccc(F)cc2N)CC(CO)O1. The van der Waals surface area contributed by atoms with Gasteiger partial charge in [0.15, 0.2) is 0 Å². The van der Waals surface area contributed by atoms with Gasteiger partial charge in [-0.25, -0.2) is 4.39 Å². The highest BCUT2D eigenvalue weighted by Gasteiger charge is 2.36. The van der Waals surface area contributed by atoms with Crippen LogP contribution in [0.15, 0.2) is 18.2 Å². The number of morpholine rings is 1. The summed E-state index contributed by atoms with van der Waals surface area (Å²) in [6, 6.07) is 3.71. The fraction of sp³-hybridized carbons (Fsp3) is 0.500. The second-order valence-corrected chi connectivity index (χ2v) is 5.60. The van der Waals surface area contributed by atoms with E-state index in [1.54, 1.807) is 4.90 Å². The summed E-state index contributed by atoms with van der Waals surface area (Å²) in [6.45, 7) is 4.22. The van der Waals surface area contributed by atoms with Crippen molar-refractivity contribution in [3.63, 3.8) is 0 Å². The monoisotopic (exact) mass is 282 g/mol. The fourth-order valence-corrected chi connectivity index (χ4v) is 2.44. The average molecular weight is 282 g/mol. The molecule has 1 aromatic carbocycles. The Balaban J connectivity index is 2.23. The Bertz CT molecular complexity index is 519. The number of nitrogens with two attached hydrogens (primary N) is 1. The van der Waals surface area contributed by atoms with Crippen molar-refractivity contribution in [3.8, 4) is 0 Å². The predicted molar refractivity (Wildman–Crippen MR) is 72.8 cm³/mol. The highest BCUT2D eigenvalue weighted by molar-refractivity contribution is 5.99. The van der Waals surface area contributed by atoms with E-state index in [-0.39, 0.29) is 30.3 Å². The number of benzene rings is 1. The molecule has 1 heterocycles. The minimum Gasteiger partial charge on any atom is -0.398 e. The molecule has 0 saturated carbocycles. The van der Waals surface area contributed by atoms with Crippen LogP contribution in [0.3, 0.4) is 0 Å². The molecule has 0 aliphatic carbocycles. The molecule has 2 rings (SSSR count). The van der Waals surface area contributed by atoms with Gasteiger partial charge in [0.05, 0.1) is 23.9 Å². The number of anilines is 1. The molecule has 5 nitrogen and oxygen atoms in total. The Kier molecular flexibility index (Phi) is 3.96. The average Bonchev–Trinajstić information content (AvgIpc) is 2.36. The van der Waals surface area contributed by atoms with E-state index in [2.05, 4.69) is 0 Å². The molecular weight excluding hydrogens is 263 g/mol. The van der Waals surface area contributed by atoms with E-state index >= 15 is 0 Å². The van der Waals surface area contributed by atoms with Gasteiger partial charge in [-0.15, -0.1) is 0 Å². The van der Waals surface area contributed by atoms with Gasteiger partial charge < -0.3 is 20.5 Å². The molecular formula is C14H19FN2O3. The zero-order valence-corrected chi connectivity index (χ0v) is 11.6. The maximum atomic E-state index is 13.0. The third-order valence-corrected chi connectivity index (χ3v) is 3.22. The van der Waals surface area contributed by atoms with Crippen LogP contribution in [-0.2, 0) is 4.74 Å². The van der Waals surface area contributed by atoms with Gasteiger partial charge in [0.2, 0.25) is 0 Å². The first-order chi connectivity index (χ1) is 9.32. The van der Waals surface area contributed by atoms with Crippen LogP contribution in [0.25, 0.3) is 0 Å². The lowest BCUT2D eigenvalue weighted by Gasteiger charge is -2.42. The number of nitrogens with zero attached hydrogens (tertiary/aromatic N) is 1. The number of nitrogen functional groups attached to an aromatic ring is 1. The molecule has 0 radical (unpaired) electrons. The molecule has 0 aromatic heterocycles. The minimum absolute atomic E-state index is 0.111. The fourth-order valence-electron chi connectivity index (χ4n) is 2.44. The molecule has 6 heteroatoms. The molecule has 1 amide bonds. The molecule has 1 aromatic rings. The number of halogens is 1. The number of aliphatic hydroxyl groups is 1. The van der Waals surface area contributed by atoms with E-state index in [0.717, 1.165) is 6.07 Å². The molecule has 1 fully saturated rings. The van der Waals surface area contributed by atoms with Crippen molar-refractivity contribution in [2.75, 3.05) is 25.4 Å². The van der Waals surface area contributed by atoms with E-state index in [1.807, 2.05) is 13.8 Å². The van der Waals surface area contributed by atoms with E-state index in [4.69, 9.17) is 10.5 Å². The molecule has 1 atom stereocenters. The van der Waals surface area contributed by atoms with Crippen LogP contribution in [0, 0.1) is 5.82 Å². The summed E-state index contributed by atoms with van der Waals surface area (Å²) >= 11 is 0. The van der Waals surface area contributed by atoms with E-state index in [0.29, 0.717) is 6.54 Å². The van der Waals surface area contributed by atoms with Crippen LogP contribution in [0.2, 0.25) is 0 Å². The third-order valence-electron chi connectivity index (χ3n) is 3.22. The third kappa shape index (κ3) is 3.08. The second kappa shape index (κ2) is 5.38. The number of hydrogen-bond acceptors (Lipinski definition) is 4. The van der Waals surface area contributed by atoms with Crippen molar-refractivity contribution in [2.45, 2.75) is 25.6 Å². The Hall–Kier alpha value is -1.66. The van der Waals surface area contributed by atoms with Crippen LogP contribution >= 0.6 is 0 Å². The van der Waals surface area contributed by atoms with E-state index in [9.17, 15) is 14.3 Å². The number of amides is 1. The number of carbonyl (C=O) groups is 1. The standard InChI is InChI=1S/C14H19FN2O3/c1-14(2)8-17(6-10(7-18)20-14)13(19)11-4-3-9(15)5-12(11)16/h3-5,10,18H,6-8,16H2,1-2H3. The van der Waals surface area contributed by atoms with Crippen molar-refractivity contribution < 1.29 is 19.0 Å². The molecule has 1 saturated heterocycles. The van der Waals surface area contributed by atoms with Crippen molar-refractivity contribution in [3.05, 3.63) is 29.6 Å². The summed E-state index contributed by atoms with van der Waals surface area (Å²) in [4.78, 5) is 14.0. The van der Waals surface area contributed by atoms with Gasteiger partial charge in [0.25, 0.3) is 5.91 Å². The Labute approximate surface area is 117 Å². The van der Waals surface area contributed by atoms with Gasteiger partial charge >= 0.3 is 0 Å². The molecule has 1 unspecified atom stereocenters. The molecule has 110 valence electrons. The largest absolute Gasteiger partial charge is 0.398 e. The first-order valence-corrected chi connectivity index (χ1v) is 6.45. The summed E-state index contributed by atoms with van der Waals surface area (Å²) in [6.07, 6.45) is -0.427. The van der Waals surface area contributed by atoms with E-state index < -0.39 is 17.5 Å². The van der Waals surface area contributed by atoms with Crippen LogP contribution in [0.1, 0.15) is 24.2 Å². The molecule has 0 spiro atoms. The first kappa shape index (κ1) is 14.7. The van der Waals surface area contributed by atoms with Crippen LogP contribution in [-0.4, -0.2) is 47.3 Å². The number of rotatable bonds is 2. The summed E-state index contributed by atoms with van der Waals surface area (Å²) in [5.74, 6) is -0.757. The normalized spacial score (nSPS) is 21.8. The lowest BCUT2D eigenvalue weighted by atomic mass is 10.0. The molecule has 1 aliphatic heterocycles. The topological polar surface area (TPSA) is 75.8 Å². The van der Waals surface area contributed by atoms with Crippen LogP contribution < -0.4 is 5.73 Å². The maximum Gasteiger partial charge on any atom is 0.256 e. The summed E-state index contributed by atoms with van der Waals surface area (Å²) < 4.78 is 18.7. The van der Waals surface area contributed by atoms with E-state index in [1.165, 1.54) is 12.1 Å². The Morgan fingerprint density at radius 1 is 1.60 bits per heavy atom. The highest BCUT2D eigenvalue weighted by Crippen LogP contribution is 2.24. The lowest BCUT2D eigenvalue weighted by Crippen LogP contribution is -2.55. The molecule has 1 aliphatic rings. The predicted octanol–water partition coefficient (Wildman–Crippen LogP) is 1.02. The maximum absolute atomic E-state index is 13.0. The smallest absolute Gasteiger partial charge is 0.256 e. The van der Waals surface area contributed by atoms with Gasteiger partial charge in [-0.05, 0) is 32.0 Å². The molecule has 3 N–H and O–H groups in total. The number of carbonyl (C=O) groups excluding carboxylic acids is 1. The Morgan fingerprint density at radius 2 is 2.30 bits per heavy atom. The zero-order chi connectivity index (χ0) is 14.9.